The number of morpholine rings is 1. The lowest BCUT2D eigenvalue weighted by molar-refractivity contribution is 0.122. The molecular weight excluding hydrogens is 154 g/mol. The molecule has 2 rings (SSSR count). The molecule has 4 nitrogen and oxygen atoms in total. The third kappa shape index (κ3) is 1.53. The lowest BCUT2D eigenvalue weighted by Gasteiger charge is -2.27. The molecule has 0 amide bonds. The Labute approximate surface area is 71.2 Å². The van der Waals surface area contributed by atoms with Crippen molar-refractivity contribution in [1.82, 2.24) is 9.97 Å². The smallest absolute Gasteiger partial charge is 0.115 e. The van der Waals surface area contributed by atoms with E-state index in [1.165, 1.54) is 0 Å². The lowest BCUT2D eigenvalue weighted by Crippen LogP contribution is -2.36. The SMILES string of the molecule is c1ncc(N2CCOCC2)cn1. The van der Waals surface area contributed by atoms with Crippen molar-refractivity contribution in [3.63, 3.8) is 0 Å². The first-order valence-corrected chi connectivity index (χ1v) is 4.04. The van der Waals surface area contributed by atoms with Crippen molar-refractivity contribution in [3.8, 4) is 0 Å². The second-order valence-electron chi connectivity index (χ2n) is 2.70. The predicted octanol–water partition coefficient (Wildman–Crippen LogP) is 0.313. The largest absolute Gasteiger partial charge is 0.378 e. The maximum Gasteiger partial charge on any atom is 0.115 e. The van der Waals surface area contributed by atoms with Gasteiger partial charge in [0.15, 0.2) is 0 Å². The molecule has 0 radical (unpaired) electrons. The minimum Gasteiger partial charge on any atom is -0.378 e. The first kappa shape index (κ1) is 7.49. The van der Waals surface area contributed by atoms with E-state index in [-0.39, 0.29) is 0 Å². The Morgan fingerprint density at radius 1 is 1.17 bits per heavy atom. The minimum absolute atomic E-state index is 0.800. The average molecular weight is 165 g/mol. The molecular formula is C8H11N3O. The van der Waals surface area contributed by atoms with Gasteiger partial charge < -0.3 is 9.64 Å². The van der Waals surface area contributed by atoms with E-state index in [1.807, 2.05) is 12.4 Å². The Balaban J connectivity index is 2.08. The van der Waals surface area contributed by atoms with Crippen molar-refractivity contribution >= 4 is 5.69 Å². The molecule has 0 aliphatic carbocycles. The molecule has 1 aliphatic rings. The van der Waals surface area contributed by atoms with Crippen LogP contribution in [0.2, 0.25) is 0 Å². The van der Waals surface area contributed by atoms with Gasteiger partial charge in [-0.15, -0.1) is 0 Å². The number of anilines is 1. The molecule has 1 saturated heterocycles. The normalized spacial score (nSPS) is 17.8. The zero-order valence-corrected chi connectivity index (χ0v) is 6.81. The number of ether oxygens (including phenoxy) is 1. The highest BCUT2D eigenvalue weighted by Crippen LogP contribution is 2.11. The summed E-state index contributed by atoms with van der Waals surface area (Å²) in [5, 5.41) is 0. The zero-order chi connectivity index (χ0) is 8.23. The average Bonchev–Trinajstić information content (AvgIpc) is 2.21. The van der Waals surface area contributed by atoms with Gasteiger partial charge in [0.05, 0.1) is 31.3 Å². The van der Waals surface area contributed by atoms with Crippen LogP contribution in [0, 0.1) is 0 Å². The summed E-state index contributed by atoms with van der Waals surface area (Å²) < 4.78 is 5.24. The fraction of sp³-hybridized carbons (Fsp3) is 0.500. The highest BCUT2D eigenvalue weighted by molar-refractivity contribution is 5.41. The van der Waals surface area contributed by atoms with Crippen LogP contribution in [0.3, 0.4) is 0 Å². The summed E-state index contributed by atoms with van der Waals surface area (Å²) in [6, 6.07) is 0. The molecule has 64 valence electrons. The molecule has 1 aromatic rings. The Morgan fingerprint density at radius 3 is 2.50 bits per heavy atom. The molecule has 0 bridgehead atoms. The third-order valence-electron chi connectivity index (χ3n) is 1.92. The van der Waals surface area contributed by atoms with Crippen LogP contribution in [0.5, 0.6) is 0 Å². The Morgan fingerprint density at radius 2 is 1.83 bits per heavy atom. The van der Waals surface area contributed by atoms with Crippen molar-refractivity contribution in [2.75, 3.05) is 31.2 Å². The molecule has 0 spiro atoms. The van der Waals surface area contributed by atoms with Gasteiger partial charge in [0.1, 0.15) is 6.33 Å². The van der Waals surface area contributed by atoms with Crippen LogP contribution in [0.4, 0.5) is 5.69 Å². The summed E-state index contributed by atoms with van der Waals surface area (Å²) in [6.07, 6.45) is 5.21. The highest BCUT2D eigenvalue weighted by Gasteiger charge is 2.10. The molecule has 1 fully saturated rings. The molecule has 12 heavy (non-hydrogen) atoms. The zero-order valence-electron chi connectivity index (χ0n) is 6.81. The van der Waals surface area contributed by atoms with E-state index in [1.54, 1.807) is 6.33 Å². The Kier molecular flexibility index (Phi) is 2.18. The molecule has 4 heteroatoms. The molecule has 0 N–H and O–H groups in total. The van der Waals surface area contributed by atoms with Crippen LogP contribution in [-0.4, -0.2) is 36.3 Å². The second kappa shape index (κ2) is 3.49. The minimum atomic E-state index is 0.800. The molecule has 2 heterocycles. The number of rotatable bonds is 1. The van der Waals surface area contributed by atoms with E-state index in [9.17, 15) is 0 Å². The Bertz CT molecular complexity index is 233. The summed E-state index contributed by atoms with van der Waals surface area (Å²) in [7, 11) is 0. The van der Waals surface area contributed by atoms with E-state index >= 15 is 0 Å². The van der Waals surface area contributed by atoms with Crippen LogP contribution >= 0.6 is 0 Å². The van der Waals surface area contributed by atoms with Gasteiger partial charge >= 0.3 is 0 Å². The number of hydrogen-bond acceptors (Lipinski definition) is 4. The fourth-order valence-electron chi connectivity index (χ4n) is 1.28. The van der Waals surface area contributed by atoms with Gasteiger partial charge in [-0.25, -0.2) is 9.97 Å². The van der Waals surface area contributed by atoms with Crippen LogP contribution < -0.4 is 4.90 Å². The van der Waals surface area contributed by atoms with Gasteiger partial charge in [-0.1, -0.05) is 0 Å². The van der Waals surface area contributed by atoms with Gasteiger partial charge in [0.25, 0.3) is 0 Å². The quantitative estimate of drug-likeness (QED) is 0.600. The molecule has 1 aromatic heterocycles. The second-order valence-corrected chi connectivity index (χ2v) is 2.70. The van der Waals surface area contributed by atoms with Gasteiger partial charge in [-0.3, -0.25) is 0 Å². The number of hydrogen-bond donors (Lipinski definition) is 0. The van der Waals surface area contributed by atoms with E-state index < -0.39 is 0 Å². The summed E-state index contributed by atoms with van der Waals surface area (Å²) in [6.45, 7) is 3.48. The van der Waals surface area contributed by atoms with Crippen molar-refractivity contribution < 1.29 is 4.74 Å². The van der Waals surface area contributed by atoms with E-state index in [0.717, 1.165) is 32.0 Å². The van der Waals surface area contributed by atoms with Crippen LogP contribution in [0.15, 0.2) is 18.7 Å². The van der Waals surface area contributed by atoms with Gasteiger partial charge in [0, 0.05) is 13.1 Å². The van der Waals surface area contributed by atoms with Crippen LogP contribution in [0.25, 0.3) is 0 Å². The van der Waals surface area contributed by atoms with E-state index in [0.29, 0.717) is 0 Å². The lowest BCUT2D eigenvalue weighted by atomic mass is 10.4. The predicted molar refractivity (Wildman–Crippen MR) is 45.1 cm³/mol. The highest BCUT2D eigenvalue weighted by atomic mass is 16.5. The first-order chi connectivity index (χ1) is 5.97. The molecule has 0 unspecified atom stereocenters. The summed E-state index contributed by atoms with van der Waals surface area (Å²) in [5.74, 6) is 0. The van der Waals surface area contributed by atoms with Gasteiger partial charge in [-0.2, -0.15) is 0 Å². The van der Waals surface area contributed by atoms with Crippen LogP contribution in [0.1, 0.15) is 0 Å². The number of nitrogens with zero attached hydrogens (tertiary/aromatic N) is 3. The number of aromatic nitrogens is 2. The van der Waals surface area contributed by atoms with E-state index in [4.69, 9.17) is 4.74 Å². The fourth-order valence-corrected chi connectivity index (χ4v) is 1.28. The Hall–Kier alpha value is -1.16. The van der Waals surface area contributed by atoms with Crippen molar-refractivity contribution in [1.29, 1.82) is 0 Å². The summed E-state index contributed by atoms with van der Waals surface area (Å²) in [4.78, 5) is 10.2. The maximum atomic E-state index is 5.24. The maximum absolute atomic E-state index is 5.24. The summed E-state index contributed by atoms with van der Waals surface area (Å²) in [5.41, 5.74) is 1.08. The third-order valence-corrected chi connectivity index (χ3v) is 1.92. The van der Waals surface area contributed by atoms with Gasteiger partial charge in [0.2, 0.25) is 0 Å². The molecule has 1 aliphatic heterocycles. The monoisotopic (exact) mass is 165 g/mol. The molecule has 0 atom stereocenters. The van der Waals surface area contributed by atoms with Crippen LogP contribution in [-0.2, 0) is 4.74 Å². The first-order valence-electron chi connectivity index (χ1n) is 4.04. The van der Waals surface area contributed by atoms with Crippen molar-refractivity contribution in [3.05, 3.63) is 18.7 Å². The standard InChI is InChI=1S/C8H11N3O/c1-3-12-4-2-11(1)8-5-9-7-10-6-8/h5-7H,1-4H2. The van der Waals surface area contributed by atoms with Gasteiger partial charge in [-0.05, 0) is 0 Å². The molecule has 0 aromatic carbocycles. The molecule has 0 saturated carbocycles. The van der Waals surface area contributed by atoms with Crippen molar-refractivity contribution in [2.45, 2.75) is 0 Å². The topological polar surface area (TPSA) is 38.2 Å². The van der Waals surface area contributed by atoms with E-state index in [2.05, 4.69) is 14.9 Å². The summed E-state index contributed by atoms with van der Waals surface area (Å²) >= 11 is 0. The van der Waals surface area contributed by atoms with Crippen molar-refractivity contribution in [2.24, 2.45) is 0 Å².